The van der Waals surface area contributed by atoms with Crippen molar-refractivity contribution in [1.82, 2.24) is 5.32 Å². The highest BCUT2D eigenvalue weighted by molar-refractivity contribution is 5.80. The van der Waals surface area contributed by atoms with Crippen LogP contribution in [0.2, 0.25) is 0 Å². The molecule has 0 heterocycles. The standard InChI is InChI=1S/C42H83NO4/c1-3-5-7-9-11-13-15-17-18-19-20-21-22-23-25-26-28-30-32-34-36-40(45)39(38-44)43-42(47)41(46)37-35-33-31-29-27-24-16-14-12-10-8-6-4-2/h34,36,39-41,44-46H,3-33,35,37-38H2,1-2H3,(H,43,47)/b36-34+. The molecule has 0 aliphatic rings. The third-order valence-electron chi connectivity index (χ3n) is 9.88. The van der Waals surface area contributed by atoms with E-state index in [1.807, 2.05) is 6.08 Å². The molecule has 47 heavy (non-hydrogen) atoms. The van der Waals surface area contributed by atoms with E-state index in [1.165, 1.54) is 173 Å². The minimum absolute atomic E-state index is 0.359. The summed E-state index contributed by atoms with van der Waals surface area (Å²) in [5.74, 6) is -0.501. The first kappa shape index (κ1) is 46.1. The Labute approximate surface area is 293 Å². The monoisotopic (exact) mass is 666 g/mol. The molecular formula is C42H83NO4. The van der Waals surface area contributed by atoms with Gasteiger partial charge in [-0.05, 0) is 19.3 Å². The summed E-state index contributed by atoms with van der Waals surface area (Å²) < 4.78 is 0. The average molecular weight is 666 g/mol. The number of rotatable bonds is 38. The van der Waals surface area contributed by atoms with E-state index >= 15 is 0 Å². The molecule has 0 aromatic carbocycles. The highest BCUT2D eigenvalue weighted by atomic mass is 16.3. The Bertz CT molecular complexity index is 655. The molecule has 0 aliphatic heterocycles. The van der Waals surface area contributed by atoms with Gasteiger partial charge in [0.2, 0.25) is 5.91 Å². The summed E-state index contributed by atoms with van der Waals surface area (Å²) in [4.78, 5) is 12.4. The molecule has 5 nitrogen and oxygen atoms in total. The molecule has 0 saturated heterocycles. The predicted molar refractivity (Wildman–Crippen MR) is 204 cm³/mol. The molecule has 4 N–H and O–H groups in total. The summed E-state index contributed by atoms with van der Waals surface area (Å²) in [6, 6.07) is -0.791. The Morgan fingerprint density at radius 1 is 0.511 bits per heavy atom. The topological polar surface area (TPSA) is 89.8 Å². The van der Waals surface area contributed by atoms with Crippen LogP contribution in [0.15, 0.2) is 12.2 Å². The second-order valence-corrected chi connectivity index (χ2v) is 14.6. The Morgan fingerprint density at radius 3 is 1.17 bits per heavy atom. The van der Waals surface area contributed by atoms with Crippen molar-refractivity contribution in [2.24, 2.45) is 0 Å². The zero-order valence-electron chi connectivity index (χ0n) is 31.7. The van der Waals surface area contributed by atoms with Crippen molar-refractivity contribution in [3.8, 4) is 0 Å². The third-order valence-corrected chi connectivity index (χ3v) is 9.88. The number of allylic oxidation sites excluding steroid dienone is 1. The van der Waals surface area contributed by atoms with Crippen LogP contribution in [-0.2, 0) is 4.79 Å². The van der Waals surface area contributed by atoms with Gasteiger partial charge >= 0.3 is 0 Å². The number of carbonyl (C=O) groups is 1. The minimum atomic E-state index is -1.09. The van der Waals surface area contributed by atoms with Gasteiger partial charge in [-0.1, -0.05) is 219 Å². The van der Waals surface area contributed by atoms with Gasteiger partial charge in [-0.15, -0.1) is 0 Å². The van der Waals surface area contributed by atoms with Crippen molar-refractivity contribution in [1.29, 1.82) is 0 Å². The Morgan fingerprint density at radius 2 is 0.830 bits per heavy atom. The quantitative estimate of drug-likeness (QED) is 0.0390. The fourth-order valence-electron chi connectivity index (χ4n) is 6.54. The summed E-state index contributed by atoms with van der Waals surface area (Å²) in [5, 5.41) is 33.1. The minimum Gasteiger partial charge on any atom is -0.394 e. The van der Waals surface area contributed by atoms with Crippen LogP contribution in [0, 0.1) is 0 Å². The van der Waals surface area contributed by atoms with Gasteiger partial charge in [0.05, 0.1) is 18.8 Å². The lowest BCUT2D eigenvalue weighted by Crippen LogP contribution is -2.48. The molecule has 0 spiro atoms. The van der Waals surface area contributed by atoms with E-state index in [9.17, 15) is 20.1 Å². The SMILES string of the molecule is CCCCCCCCCCCCCCCCCCCC/C=C/C(O)C(CO)NC(=O)C(O)CCCCCCCCCCCCCCC. The smallest absolute Gasteiger partial charge is 0.249 e. The number of aliphatic hydroxyl groups is 3. The second kappa shape index (κ2) is 37.9. The lowest BCUT2D eigenvalue weighted by molar-refractivity contribution is -0.131. The normalized spacial score (nSPS) is 13.7. The van der Waals surface area contributed by atoms with E-state index in [0.717, 1.165) is 32.1 Å². The van der Waals surface area contributed by atoms with Crippen molar-refractivity contribution in [2.75, 3.05) is 6.61 Å². The highest BCUT2D eigenvalue weighted by Crippen LogP contribution is 2.16. The van der Waals surface area contributed by atoms with Crippen molar-refractivity contribution in [3.05, 3.63) is 12.2 Å². The summed E-state index contributed by atoms with van der Waals surface area (Å²) >= 11 is 0. The van der Waals surface area contributed by atoms with Crippen LogP contribution in [0.3, 0.4) is 0 Å². The van der Waals surface area contributed by atoms with Crippen molar-refractivity contribution in [2.45, 2.75) is 244 Å². The lowest BCUT2D eigenvalue weighted by atomic mass is 10.0. The molecule has 5 heteroatoms. The van der Waals surface area contributed by atoms with Crippen molar-refractivity contribution in [3.63, 3.8) is 0 Å². The van der Waals surface area contributed by atoms with Crippen LogP contribution in [0.5, 0.6) is 0 Å². The molecule has 0 radical (unpaired) electrons. The first-order chi connectivity index (χ1) is 23.1. The number of hydrogen-bond donors (Lipinski definition) is 4. The maximum Gasteiger partial charge on any atom is 0.249 e. The average Bonchev–Trinajstić information content (AvgIpc) is 3.07. The van der Waals surface area contributed by atoms with Crippen LogP contribution in [0.25, 0.3) is 0 Å². The summed E-state index contributed by atoms with van der Waals surface area (Å²) in [5.41, 5.74) is 0. The fourth-order valence-corrected chi connectivity index (χ4v) is 6.54. The zero-order valence-corrected chi connectivity index (χ0v) is 31.7. The van der Waals surface area contributed by atoms with Gasteiger partial charge in [0.1, 0.15) is 6.10 Å². The molecule has 0 aromatic rings. The first-order valence-electron chi connectivity index (χ1n) is 21.0. The van der Waals surface area contributed by atoms with E-state index in [-0.39, 0.29) is 6.61 Å². The first-order valence-corrected chi connectivity index (χ1v) is 21.0. The van der Waals surface area contributed by atoms with E-state index in [0.29, 0.717) is 6.42 Å². The number of hydrogen-bond acceptors (Lipinski definition) is 4. The molecule has 0 aromatic heterocycles. The lowest BCUT2D eigenvalue weighted by Gasteiger charge is -2.21. The fraction of sp³-hybridized carbons (Fsp3) is 0.929. The van der Waals surface area contributed by atoms with Crippen molar-refractivity contribution >= 4 is 5.91 Å². The highest BCUT2D eigenvalue weighted by Gasteiger charge is 2.22. The van der Waals surface area contributed by atoms with Crippen LogP contribution in [0.1, 0.15) is 226 Å². The van der Waals surface area contributed by atoms with Gasteiger partial charge in [0.25, 0.3) is 0 Å². The number of aliphatic hydroxyl groups excluding tert-OH is 3. The van der Waals surface area contributed by atoms with Crippen LogP contribution < -0.4 is 5.32 Å². The van der Waals surface area contributed by atoms with Gasteiger partial charge in [0, 0.05) is 0 Å². The molecule has 3 atom stereocenters. The molecular weight excluding hydrogens is 582 g/mol. The third kappa shape index (κ3) is 33.4. The molecule has 280 valence electrons. The Kier molecular flexibility index (Phi) is 37.2. The van der Waals surface area contributed by atoms with Gasteiger partial charge in [-0.25, -0.2) is 0 Å². The van der Waals surface area contributed by atoms with E-state index in [4.69, 9.17) is 0 Å². The van der Waals surface area contributed by atoms with Crippen molar-refractivity contribution < 1.29 is 20.1 Å². The molecule has 0 bridgehead atoms. The predicted octanol–water partition coefficient (Wildman–Crippen LogP) is 11.7. The van der Waals surface area contributed by atoms with Crippen LogP contribution in [0.4, 0.5) is 0 Å². The summed E-state index contributed by atoms with van der Waals surface area (Å²) in [7, 11) is 0. The maximum atomic E-state index is 12.4. The number of unbranched alkanes of at least 4 members (excludes halogenated alkanes) is 30. The molecule has 0 saturated carbocycles. The van der Waals surface area contributed by atoms with Gasteiger partial charge in [0.15, 0.2) is 0 Å². The van der Waals surface area contributed by atoms with Gasteiger partial charge in [-0.3, -0.25) is 4.79 Å². The largest absolute Gasteiger partial charge is 0.394 e. The molecule has 0 aliphatic carbocycles. The zero-order chi connectivity index (χ0) is 34.5. The van der Waals surface area contributed by atoms with E-state index in [1.54, 1.807) is 6.08 Å². The molecule has 3 unspecified atom stereocenters. The molecule has 0 fully saturated rings. The molecule has 0 rings (SSSR count). The van der Waals surface area contributed by atoms with Crippen LogP contribution in [-0.4, -0.2) is 46.1 Å². The number of carbonyl (C=O) groups excluding carboxylic acids is 1. The second-order valence-electron chi connectivity index (χ2n) is 14.6. The summed E-state index contributed by atoms with van der Waals surface area (Å²) in [6.07, 6.45) is 43.8. The number of amides is 1. The van der Waals surface area contributed by atoms with E-state index < -0.39 is 24.2 Å². The van der Waals surface area contributed by atoms with Gasteiger partial charge in [-0.2, -0.15) is 0 Å². The Hall–Kier alpha value is -0.910. The van der Waals surface area contributed by atoms with Gasteiger partial charge < -0.3 is 20.6 Å². The Balaban J connectivity index is 3.65. The number of nitrogens with one attached hydrogen (secondary N) is 1. The van der Waals surface area contributed by atoms with E-state index in [2.05, 4.69) is 19.2 Å². The summed E-state index contributed by atoms with van der Waals surface area (Å²) in [6.45, 7) is 4.18. The molecule has 1 amide bonds. The maximum absolute atomic E-state index is 12.4. The van der Waals surface area contributed by atoms with Crippen LogP contribution >= 0.6 is 0 Å².